The topological polar surface area (TPSA) is 76.1 Å². The molecule has 1 rings (SSSR count). The predicted octanol–water partition coefficient (Wildman–Crippen LogP) is 1.17. The molecule has 0 spiro atoms. The van der Waals surface area contributed by atoms with Crippen LogP contribution in [-0.4, -0.2) is 67.3 Å². The second-order valence-electron chi connectivity index (χ2n) is 6.95. The molecule has 0 aliphatic carbocycles. The van der Waals surface area contributed by atoms with E-state index in [9.17, 15) is 14.7 Å². The van der Waals surface area contributed by atoms with Gasteiger partial charge in [0.25, 0.3) is 0 Å². The molecule has 1 N–H and O–H groups in total. The van der Waals surface area contributed by atoms with Crippen molar-refractivity contribution >= 4 is 11.8 Å². The van der Waals surface area contributed by atoms with Crippen LogP contribution in [0, 0.1) is 5.41 Å². The zero-order chi connectivity index (χ0) is 17.5. The van der Waals surface area contributed by atoms with Crippen LogP contribution in [0.25, 0.3) is 0 Å². The summed E-state index contributed by atoms with van der Waals surface area (Å²) in [5.41, 5.74) is -2.46. The lowest BCUT2D eigenvalue weighted by molar-refractivity contribution is -0.157. The van der Waals surface area contributed by atoms with Gasteiger partial charge >= 0.3 is 5.97 Å². The van der Waals surface area contributed by atoms with Crippen molar-refractivity contribution < 1.29 is 24.2 Å². The van der Waals surface area contributed by atoms with E-state index in [-0.39, 0.29) is 18.6 Å². The second-order valence-corrected chi connectivity index (χ2v) is 6.95. The van der Waals surface area contributed by atoms with Crippen molar-refractivity contribution in [3.8, 4) is 0 Å². The minimum Gasteiger partial charge on any atom is -0.469 e. The van der Waals surface area contributed by atoms with Gasteiger partial charge in [0.15, 0.2) is 5.78 Å². The highest BCUT2D eigenvalue weighted by Gasteiger charge is 2.43. The molecule has 0 unspecified atom stereocenters. The zero-order valence-electron chi connectivity index (χ0n) is 14.6. The molecule has 0 aromatic heterocycles. The summed E-state index contributed by atoms with van der Waals surface area (Å²) in [6.45, 7) is 9.13. The van der Waals surface area contributed by atoms with Crippen molar-refractivity contribution in [3.05, 3.63) is 12.2 Å². The molecule has 0 aromatic rings. The number of rotatable bonds is 7. The van der Waals surface area contributed by atoms with Crippen LogP contribution >= 0.6 is 0 Å². The van der Waals surface area contributed by atoms with Gasteiger partial charge in [0.1, 0.15) is 5.60 Å². The van der Waals surface area contributed by atoms with Crippen molar-refractivity contribution in [2.45, 2.75) is 39.2 Å². The fraction of sp³-hybridized carbons (Fsp3) is 0.765. The van der Waals surface area contributed by atoms with E-state index >= 15 is 0 Å². The number of aliphatic hydroxyl groups is 1. The molecule has 0 bridgehead atoms. The van der Waals surface area contributed by atoms with E-state index in [1.54, 1.807) is 26.8 Å². The number of hydrogen-bond donors (Lipinski definition) is 1. The second kappa shape index (κ2) is 8.57. The smallest absolute Gasteiger partial charge is 0.308 e. The van der Waals surface area contributed by atoms with Gasteiger partial charge in [0.05, 0.1) is 26.7 Å². The summed E-state index contributed by atoms with van der Waals surface area (Å²) in [5, 5.41) is 10.7. The van der Waals surface area contributed by atoms with Gasteiger partial charge in [-0.25, -0.2) is 0 Å². The summed E-state index contributed by atoms with van der Waals surface area (Å²) in [7, 11) is 1.25. The van der Waals surface area contributed by atoms with Crippen LogP contribution < -0.4 is 0 Å². The Morgan fingerprint density at radius 1 is 1.22 bits per heavy atom. The first-order valence-electron chi connectivity index (χ1n) is 7.98. The number of Topliss-reactive ketones (excluding diaryl/α,β-unsaturated/α-hetero) is 1. The molecule has 23 heavy (non-hydrogen) atoms. The van der Waals surface area contributed by atoms with Gasteiger partial charge in [-0.1, -0.05) is 32.9 Å². The van der Waals surface area contributed by atoms with E-state index < -0.39 is 17.0 Å². The monoisotopic (exact) mass is 327 g/mol. The summed E-state index contributed by atoms with van der Waals surface area (Å²) >= 11 is 0. The number of ether oxygens (including phenoxy) is 2. The molecule has 0 aromatic carbocycles. The molecular weight excluding hydrogens is 298 g/mol. The minimum atomic E-state index is -1.73. The number of carbonyl (C=O) groups excluding carboxylic acids is 2. The van der Waals surface area contributed by atoms with Crippen LogP contribution in [0.3, 0.4) is 0 Å². The lowest BCUT2D eigenvalue weighted by atomic mass is 9.77. The number of methoxy groups -OCH3 is 1. The van der Waals surface area contributed by atoms with E-state index in [4.69, 9.17) is 4.74 Å². The molecule has 1 saturated heterocycles. The first kappa shape index (κ1) is 19.8. The molecule has 1 heterocycles. The van der Waals surface area contributed by atoms with Crippen LogP contribution in [0.4, 0.5) is 0 Å². The third kappa shape index (κ3) is 6.41. The number of ketones is 1. The van der Waals surface area contributed by atoms with E-state index in [1.807, 2.05) is 6.08 Å². The molecule has 6 heteroatoms. The molecular formula is C17H29NO5. The number of nitrogens with zero attached hydrogens (tertiary/aromatic N) is 1. The quantitative estimate of drug-likeness (QED) is 0.559. The van der Waals surface area contributed by atoms with Gasteiger partial charge in [-0.05, 0) is 0 Å². The third-order valence-electron chi connectivity index (χ3n) is 3.86. The Morgan fingerprint density at radius 3 is 2.35 bits per heavy atom. The third-order valence-corrected chi connectivity index (χ3v) is 3.86. The summed E-state index contributed by atoms with van der Waals surface area (Å²) in [6.07, 6.45) is 3.45. The van der Waals surface area contributed by atoms with Gasteiger partial charge in [0, 0.05) is 31.5 Å². The van der Waals surface area contributed by atoms with Gasteiger partial charge in [0.2, 0.25) is 0 Å². The predicted molar refractivity (Wildman–Crippen MR) is 87.1 cm³/mol. The highest BCUT2D eigenvalue weighted by atomic mass is 16.5. The minimum absolute atomic E-state index is 0.0997. The van der Waals surface area contributed by atoms with E-state index in [0.717, 1.165) is 32.8 Å². The summed E-state index contributed by atoms with van der Waals surface area (Å²) in [5.74, 6) is -0.946. The number of carbonyl (C=O) groups is 2. The van der Waals surface area contributed by atoms with Gasteiger partial charge in [-0.15, -0.1) is 0 Å². The van der Waals surface area contributed by atoms with E-state index in [0.29, 0.717) is 0 Å². The lowest BCUT2D eigenvalue weighted by Gasteiger charge is -2.31. The summed E-state index contributed by atoms with van der Waals surface area (Å²) < 4.78 is 9.90. The fourth-order valence-corrected chi connectivity index (χ4v) is 2.54. The maximum Gasteiger partial charge on any atom is 0.308 e. The SMILES string of the molecule is COC(=O)C[C@](O)(C/C=C/CN1CCOCC1)C(=O)C(C)(C)C. The number of esters is 1. The normalized spacial score (nSPS) is 19.5. The Bertz CT molecular complexity index is 435. The van der Waals surface area contributed by atoms with Gasteiger partial charge in [-0.2, -0.15) is 0 Å². The molecule has 0 radical (unpaired) electrons. The van der Waals surface area contributed by atoms with E-state index in [2.05, 4.69) is 9.64 Å². The van der Waals surface area contributed by atoms with Gasteiger partial charge < -0.3 is 14.6 Å². The maximum absolute atomic E-state index is 12.5. The zero-order valence-corrected chi connectivity index (χ0v) is 14.6. The van der Waals surface area contributed by atoms with Crippen LogP contribution in [0.15, 0.2) is 12.2 Å². The largest absolute Gasteiger partial charge is 0.469 e. The Hall–Kier alpha value is -1.24. The molecule has 1 atom stereocenters. The first-order valence-corrected chi connectivity index (χ1v) is 7.98. The Balaban J connectivity index is 2.68. The lowest BCUT2D eigenvalue weighted by Crippen LogP contribution is -2.46. The first-order chi connectivity index (χ1) is 10.7. The molecule has 1 aliphatic heterocycles. The highest BCUT2D eigenvalue weighted by molar-refractivity contribution is 5.94. The Kier molecular flexibility index (Phi) is 7.38. The molecule has 0 amide bonds. The highest BCUT2D eigenvalue weighted by Crippen LogP contribution is 2.29. The molecule has 6 nitrogen and oxygen atoms in total. The van der Waals surface area contributed by atoms with Crippen molar-refractivity contribution in [3.63, 3.8) is 0 Å². The Labute approximate surface area is 138 Å². The summed E-state index contributed by atoms with van der Waals surface area (Å²) in [6, 6.07) is 0. The van der Waals surface area contributed by atoms with Crippen molar-refractivity contribution in [2.75, 3.05) is 40.0 Å². The summed E-state index contributed by atoms with van der Waals surface area (Å²) in [4.78, 5) is 26.3. The van der Waals surface area contributed by atoms with Crippen molar-refractivity contribution in [1.29, 1.82) is 0 Å². The van der Waals surface area contributed by atoms with Crippen molar-refractivity contribution in [1.82, 2.24) is 4.90 Å². The average molecular weight is 327 g/mol. The van der Waals surface area contributed by atoms with Crippen LogP contribution in [-0.2, 0) is 19.1 Å². The average Bonchev–Trinajstić information content (AvgIpc) is 2.51. The molecule has 1 aliphatic rings. The molecule has 0 saturated carbocycles. The Morgan fingerprint density at radius 2 is 1.83 bits per heavy atom. The van der Waals surface area contributed by atoms with Gasteiger partial charge in [-0.3, -0.25) is 14.5 Å². The fourth-order valence-electron chi connectivity index (χ4n) is 2.54. The number of hydrogen-bond acceptors (Lipinski definition) is 6. The van der Waals surface area contributed by atoms with Crippen LogP contribution in [0.2, 0.25) is 0 Å². The maximum atomic E-state index is 12.5. The van der Waals surface area contributed by atoms with Crippen molar-refractivity contribution in [2.24, 2.45) is 5.41 Å². The standard InChI is InChI=1S/C17H29NO5/c1-16(2,3)15(20)17(21,13-14(19)22-4)7-5-6-8-18-9-11-23-12-10-18/h5-6,21H,7-13H2,1-4H3/b6-5+/t17-/m1/s1. The van der Waals surface area contributed by atoms with E-state index in [1.165, 1.54) is 7.11 Å². The molecule has 1 fully saturated rings. The van der Waals surface area contributed by atoms with Crippen LogP contribution in [0.1, 0.15) is 33.6 Å². The number of morpholine rings is 1. The molecule has 132 valence electrons. The van der Waals surface area contributed by atoms with Crippen LogP contribution in [0.5, 0.6) is 0 Å².